The van der Waals surface area contributed by atoms with Crippen molar-refractivity contribution in [3.63, 3.8) is 0 Å². The number of hydrogen-bond donors (Lipinski definition) is 1. The van der Waals surface area contributed by atoms with Crippen LogP contribution in [0.2, 0.25) is 0 Å². The Morgan fingerprint density at radius 3 is 1.20 bits per heavy atom. The molecule has 0 bridgehead atoms. The second-order valence-corrected chi connectivity index (χ2v) is 11.3. The lowest BCUT2D eigenvalue weighted by Gasteiger charge is -2.14. The number of imidazole rings is 1. The molecular weight excluding hydrogens is 424 g/mol. The third kappa shape index (κ3) is 18.2. The number of aromatic nitrogens is 2. The van der Waals surface area contributed by atoms with Gasteiger partial charge in [-0.25, -0.2) is 9.55 Å². The van der Waals surface area contributed by atoms with Crippen LogP contribution >= 0.6 is 0 Å². The van der Waals surface area contributed by atoms with Gasteiger partial charge in [0.1, 0.15) is 12.4 Å². The van der Waals surface area contributed by atoms with Crippen LogP contribution in [-0.4, -0.2) is 4.98 Å². The van der Waals surface area contributed by atoms with Gasteiger partial charge in [-0.3, -0.25) is 0 Å². The number of hydrogen-bond acceptors (Lipinski definition) is 0. The van der Waals surface area contributed by atoms with Gasteiger partial charge >= 0.3 is 0 Å². The van der Waals surface area contributed by atoms with Gasteiger partial charge in [-0.05, 0) is 19.8 Å². The van der Waals surface area contributed by atoms with E-state index in [0.29, 0.717) is 0 Å². The molecule has 2 heteroatoms. The first kappa shape index (κ1) is 32.2. The molecule has 0 radical (unpaired) electrons. The lowest BCUT2D eigenvalue weighted by molar-refractivity contribution is -0.701. The minimum atomic E-state index is 0.729. The Morgan fingerprint density at radius 2 is 0.857 bits per heavy atom. The van der Waals surface area contributed by atoms with Crippen molar-refractivity contribution in [1.82, 2.24) is 4.98 Å². The first-order valence-corrected chi connectivity index (χ1v) is 16.4. The van der Waals surface area contributed by atoms with Crippen molar-refractivity contribution in [3.8, 4) is 0 Å². The summed E-state index contributed by atoms with van der Waals surface area (Å²) in [6.45, 7) is 7.98. The van der Waals surface area contributed by atoms with Crippen molar-refractivity contribution in [2.24, 2.45) is 0 Å². The zero-order valence-corrected chi connectivity index (χ0v) is 24.6. The van der Waals surface area contributed by atoms with E-state index in [1.807, 2.05) is 0 Å². The molecule has 0 spiro atoms. The van der Waals surface area contributed by atoms with Gasteiger partial charge < -0.3 is 0 Å². The largest absolute Gasteiger partial charge is 0.257 e. The Morgan fingerprint density at radius 1 is 0.514 bits per heavy atom. The highest BCUT2D eigenvalue weighted by Gasteiger charge is 2.21. The Hall–Kier alpha value is -0.790. The van der Waals surface area contributed by atoms with Crippen LogP contribution in [0.1, 0.15) is 193 Å². The molecule has 0 fully saturated rings. The Kier molecular flexibility index (Phi) is 22.9. The third-order valence-electron chi connectivity index (χ3n) is 8.08. The van der Waals surface area contributed by atoms with Gasteiger partial charge in [0.2, 0.25) is 0 Å². The van der Waals surface area contributed by atoms with Crippen LogP contribution in [0, 0.1) is 0 Å². The molecule has 1 aromatic rings. The predicted octanol–water partition coefficient (Wildman–Crippen LogP) is 11.2. The van der Waals surface area contributed by atoms with Crippen LogP contribution in [0.15, 0.2) is 12.4 Å². The Labute approximate surface area is 221 Å². The van der Waals surface area contributed by atoms with Crippen LogP contribution in [0.25, 0.3) is 0 Å². The molecule has 1 aromatic heterocycles. The summed E-state index contributed by atoms with van der Waals surface area (Å²) in [5.74, 6) is 2.21. The van der Waals surface area contributed by atoms with Crippen molar-refractivity contribution in [1.29, 1.82) is 0 Å². The van der Waals surface area contributed by atoms with E-state index in [1.165, 1.54) is 166 Å². The van der Waals surface area contributed by atoms with E-state index in [2.05, 4.69) is 42.7 Å². The third-order valence-corrected chi connectivity index (χ3v) is 8.08. The Balaban J connectivity index is 2.05. The summed E-state index contributed by atoms with van der Waals surface area (Å²) in [5, 5.41) is 0. The lowest BCUT2D eigenvalue weighted by Crippen LogP contribution is -2.36. The molecule has 206 valence electrons. The minimum Gasteiger partial charge on any atom is -0.247 e. The summed E-state index contributed by atoms with van der Waals surface area (Å²) in [6.07, 6.45) is 40.3. The van der Waals surface area contributed by atoms with Crippen LogP contribution < -0.4 is 4.57 Å². The highest BCUT2D eigenvalue weighted by atomic mass is 15.1. The number of unbranched alkanes of at least 4 members (excludes halogenated alkanes) is 21. The molecule has 0 aliphatic rings. The molecule has 0 aliphatic carbocycles. The minimum absolute atomic E-state index is 0.729. The topological polar surface area (TPSA) is 19.7 Å². The van der Waals surface area contributed by atoms with E-state index in [-0.39, 0.29) is 0 Å². The van der Waals surface area contributed by atoms with Gasteiger partial charge in [-0.15, -0.1) is 0 Å². The molecule has 0 unspecified atom stereocenters. The molecule has 0 saturated carbocycles. The standard InChI is InChI=1S/C33H64N2/c1-4-7-9-11-13-14-15-16-17-18-19-20-21-23-25-27-29-32(33-34-30-31-35(33)6-3)28-26-24-22-12-10-8-5-2/h30-32H,4-29H2,1-3H3/p+1/t32-/m0/s1. The molecule has 1 heterocycles. The molecule has 1 rings (SSSR count). The molecule has 35 heavy (non-hydrogen) atoms. The summed E-state index contributed by atoms with van der Waals surface area (Å²) in [7, 11) is 0. The highest BCUT2D eigenvalue weighted by molar-refractivity contribution is 4.90. The Bertz CT molecular complexity index is 535. The summed E-state index contributed by atoms with van der Waals surface area (Å²) >= 11 is 0. The first-order valence-electron chi connectivity index (χ1n) is 16.4. The molecule has 0 saturated heterocycles. The maximum Gasteiger partial charge on any atom is 0.257 e. The smallest absolute Gasteiger partial charge is 0.247 e. The second-order valence-electron chi connectivity index (χ2n) is 11.3. The van der Waals surface area contributed by atoms with Crippen LogP contribution in [0.4, 0.5) is 0 Å². The summed E-state index contributed by atoms with van der Waals surface area (Å²) < 4.78 is 2.44. The van der Waals surface area contributed by atoms with Gasteiger partial charge in [0.15, 0.2) is 0 Å². The first-order chi connectivity index (χ1) is 17.3. The second kappa shape index (κ2) is 24.9. The normalized spacial score (nSPS) is 12.4. The molecule has 0 aromatic carbocycles. The van der Waals surface area contributed by atoms with Gasteiger partial charge in [-0.2, -0.15) is 0 Å². The van der Waals surface area contributed by atoms with Crippen molar-refractivity contribution < 1.29 is 4.57 Å². The number of aromatic amines is 1. The average molecular weight is 490 g/mol. The van der Waals surface area contributed by atoms with Crippen molar-refractivity contribution in [3.05, 3.63) is 18.2 Å². The molecule has 0 amide bonds. The zero-order chi connectivity index (χ0) is 25.2. The molecular formula is C33H65N2+. The van der Waals surface area contributed by atoms with E-state index >= 15 is 0 Å². The SMILES string of the molecule is CCCCCCCCCCCCCCCCCC[C@H](CCCCCCCCC)c1[nH]cc[n+]1CC. The van der Waals surface area contributed by atoms with Gasteiger partial charge in [0, 0.05) is 0 Å². The van der Waals surface area contributed by atoms with E-state index < -0.39 is 0 Å². The van der Waals surface area contributed by atoms with Crippen molar-refractivity contribution in [2.75, 3.05) is 0 Å². The zero-order valence-electron chi connectivity index (χ0n) is 24.6. The predicted molar refractivity (Wildman–Crippen MR) is 156 cm³/mol. The summed E-state index contributed by atoms with van der Waals surface area (Å²) in [4.78, 5) is 3.59. The summed E-state index contributed by atoms with van der Waals surface area (Å²) in [6, 6.07) is 0. The molecule has 2 nitrogen and oxygen atoms in total. The van der Waals surface area contributed by atoms with Crippen molar-refractivity contribution >= 4 is 0 Å². The molecule has 1 N–H and O–H groups in total. The average Bonchev–Trinajstić information content (AvgIpc) is 3.35. The highest BCUT2D eigenvalue weighted by Crippen LogP contribution is 2.26. The van der Waals surface area contributed by atoms with Gasteiger partial charge in [0.25, 0.3) is 5.82 Å². The van der Waals surface area contributed by atoms with E-state index in [4.69, 9.17) is 0 Å². The van der Waals surface area contributed by atoms with Crippen LogP contribution in [-0.2, 0) is 6.54 Å². The maximum atomic E-state index is 3.59. The lowest BCUT2D eigenvalue weighted by atomic mass is 9.93. The fraction of sp³-hybridized carbons (Fsp3) is 0.909. The summed E-state index contributed by atoms with van der Waals surface area (Å²) in [5.41, 5.74) is 0. The van der Waals surface area contributed by atoms with E-state index in [0.717, 1.165) is 12.5 Å². The van der Waals surface area contributed by atoms with Gasteiger partial charge in [-0.1, -0.05) is 162 Å². The number of nitrogens with one attached hydrogen (secondary N) is 1. The fourth-order valence-corrected chi connectivity index (χ4v) is 5.71. The van der Waals surface area contributed by atoms with Crippen molar-refractivity contribution in [2.45, 2.75) is 194 Å². The van der Waals surface area contributed by atoms with E-state index in [1.54, 1.807) is 0 Å². The number of nitrogens with zero attached hydrogens (tertiary/aromatic N) is 1. The molecule has 1 atom stereocenters. The van der Waals surface area contributed by atoms with Crippen LogP contribution in [0.3, 0.4) is 0 Å². The van der Waals surface area contributed by atoms with Gasteiger partial charge in [0.05, 0.1) is 12.5 Å². The number of rotatable bonds is 27. The monoisotopic (exact) mass is 490 g/mol. The molecule has 0 aliphatic heterocycles. The number of H-pyrrole nitrogens is 1. The maximum absolute atomic E-state index is 3.59. The quantitative estimate of drug-likeness (QED) is 0.0936. The number of aryl methyl sites for hydroxylation is 1. The fourth-order valence-electron chi connectivity index (χ4n) is 5.71. The van der Waals surface area contributed by atoms with Crippen LogP contribution in [0.5, 0.6) is 0 Å². The van der Waals surface area contributed by atoms with E-state index in [9.17, 15) is 0 Å².